The number of rotatable bonds is 7. The van der Waals surface area contributed by atoms with Gasteiger partial charge in [0.25, 0.3) is 5.91 Å². The molecule has 2 aromatic heterocycles. The average Bonchev–Trinajstić information content (AvgIpc) is 3.34. The number of hydrogen-bond donors (Lipinski definition) is 1. The van der Waals surface area contributed by atoms with Gasteiger partial charge < -0.3 is 10.1 Å². The van der Waals surface area contributed by atoms with E-state index in [0.29, 0.717) is 16.1 Å². The van der Waals surface area contributed by atoms with Crippen LogP contribution in [0.1, 0.15) is 15.2 Å². The Labute approximate surface area is 173 Å². The number of carbonyl (C=O) groups excluding carboxylic acids is 2. The van der Waals surface area contributed by atoms with Gasteiger partial charge in [0, 0.05) is 4.88 Å². The molecule has 10 heteroatoms. The Hall–Kier alpha value is -2.01. The second-order valence-corrected chi connectivity index (χ2v) is 8.94. The predicted molar refractivity (Wildman–Crippen MR) is 111 cm³/mol. The van der Waals surface area contributed by atoms with Gasteiger partial charge in [-0.05, 0) is 54.2 Å². The maximum atomic E-state index is 12.1. The number of amides is 1. The molecule has 0 saturated heterocycles. The smallest absolute Gasteiger partial charge is 0.338 e. The SMILES string of the molecule is CSc1nn(-c2ccc(C(=O)OCC(=O)NCc3cccs3)cc2)c(=S)s1. The van der Waals surface area contributed by atoms with Gasteiger partial charge in [0.05, 0.1) is 17.8 Å². The third kappa shape index (κ3) is 5.25. The summed E-state index contributed by atoms with van der Waals surface area (Å²) in [7, 11) is 0. The third-order valence-electron chi connectivity index (χ3n) is 3.43. The van der Waals surface area contributed by atoms with Crippen LogP contribution in [0.25, 0.3) is 5.69 Å². The summed E-state index contributed by atoms with van der Waals surface area (Å²) in [5, 5.41) is 9.04. The Morgan fingerprint density at radius 2 is 2.07 bits per heavy atom. The van der Waals surface area contributed by atoms with Crippen molar-refractivity contribution in [3.63, 3.8) is 0 Å². The van der Waals surface area contributed by atoms with Gasteiger partial charge in [-0.25, -0.2) is 9.48 Å². The number of ether oxygens (including phenoxy) is 1. The molecule has 3 rings (SSSR count). The maximum Gasteiger partial charge on any atom is 0.338 e. The molecule has 0 aliphatic carbocycles. The Bertz CT molecular complexity index is 978. The molecule has 0 aliphatic heterocycles. The summed E-state index contributed by atoms with van der Waals surface area (Å²) in [5.74, 6) is -0.897. The van der Waals surface area contributed by atoms with Gasteiger partial charge in [-0.2, -0.15) is 0 Å². The molecule has 2 heterocycles. The summed E-state index contributed by atoms with van der Waals surface area (Å²) in [5.41, 5.74) is 1.12. The van der Waals surface area contributed by atoms with Crippen molar-refractivity contribution in [1.82, 2.24) is 15.1 Å². The Kier molecular flexibility index (Phi) is 6.78. The molecule has 27 heavy (non-hydrogen) atoms. The molecule has 1 N–H and O–H groups in total. The normalized spacial score (nSPS) is 10.6. The number of thioether (sulfide) groups is 1. The molecule has 0 unspecified atom stereocenters. The number of thiophene rings is 1. The number of carbonyl (C=O) groups is 2. The van der Waals surface area contributed by atoms with Crippen LogP contribution >= 0.6 is 46.7 Å². The van der Waals surface area contributed by atoms with E-state index < -0.39 is 5.97 Å². The van der Waals surface area contributed by atoms with Crippen LogP contribution in [-0.4, -0.2) is 34.5 Å². The fraction of sp³-hybridized carbons (Fsp3) is 0.176. The van der Waals surface area contributed by atoms with Crippen LogP contribution in [0.5, 0.6) is 0 Å². The highest BCUT2D eigenvalue weighted by Gasteiger charge is 2.11. The lowest BCUT2D eigenvalue weighted by Crippen LogP contribution is -2.28. The Morgan fingerprint density at radius 3 is 2.70 bits per heavy atom. The van der Waals surface area contributed by atoms with E-state index in [2.05, 4.69) is 10.4 Å². The first-order valence-corrected chi connectivity index (χ1v) is 11.1. The van der Waals surface area contributed by atoms with Gasteiger partial charge in [-0.15, -0.1) is 16.4 Å². The predicted octanol–water partition coefficient (Wildman–Crippen LogP) is 3.92. The molecule has 0 bridgehead atoms. The highest BCUT2D eigenvalue weighted by Crippen LogP contribution is 2.22. The average molecular weight is 438 g/mol. The van der Waals surface area contributed by atoms with Crippen molar-refractivity contribution in [2.24, 2.45) is 0 Å². The molecule has 1 aromatic carbocycles. The summed E-state index contributed by atoms with van der Waals surface area (Å²) < 4.78 is 8.22. The molecule has 1 amide bonds. The first-order chi connectivity index (χ1) is 13.1. The molecule has 0 radical (unpaired) electrons. The van der Waals surface area contributed by atoms with E-state index in [1.54, 1.807) is 40.3 Å². The molecule has 0 spiro atoms. The van der Waals surface area contributed by atoms with Gasteiger partial charge >= 0.3 is 5.97 Å². The van der Waals surface area contributed by atoms with E-state index in [1.165, 1.54) is 23.1 Å². The van der Waals surface area contributed by atoms with Gasteiger partial charge in [-0.3, -0.25) is 4.79 Å². The Morgan fingerprint density at radius 1 is 1.30 bits per heavy atom. The van der Waals surface area contributed by atoms with Crippen molar-refractivity contribution in [2.45, 2.75) is 10.9 Å². The van der Waals surface area contributed by atoms with E-state index >= 15 is 0 Å². The van der Waals surface area contributed by atoms with Crippen LogP contribution in [0.2, 0.25) is 0 Å². The molecule has 6 nitrogen and oxygen atoms in total. The zero-order chi connectivity index (χ0) is 19.2. The van der Waals surface area contributed by atoms with E-state index in [0.717, 1.165) is 14.9 Å². The lowest BCUT2D eigenvalue weighted by molar-refractivity contribution is -0.124. The molecule has 0 aliphatic rings. The number of nitrogens with zero attached hydrogens (tertiary/aromatic N) is 2. The minimum absolute atomic E-state index is 0.319. The highest BCUT2D eigenvalue weighted by molar-refractivity contribution is 8.00. The summed E-state index contributed by atoms with van der Waals surface area (Å²) in [6.07, 6.45) is 1.94. The van der Waals surface area contributed by atoms with Gasteiger partial charge in [0.15, 0.2) is 14.9 Å². The molecule has 0 fully saturated rings. The lowest BCUT2D eigenvalue weighted by Gasteiger charge is -2.06. The minimum atomic E-state index is -0.556. The summed E-state index contributed by atoms with van der Waals surface area (Å²) >= 11 is 9.81. The quantitative estimate of drug-likeness (QED) is 0.343. The number of nitrogens with one attached hydrogen (secondary N) is 1. The van der Waals surface area contributed by atoms with Gasteiger partial charge in [0.1, 0.15) is 0 Å². The van der Waals surface area contributed by atoms with Crippen LogP contribution < -0.4 is 5.32 Å². The van der Waals surface area contributed by atoms with Crippen molar-refractivity contribution in [3.05, 3.63) is 56.2 Å². The second kappa shape index (κ2) is 9.27. The number of hydrogen-bond acceptors (Lipinski definition) is 8. The second-order valence-electron chi connectivity index (χ2n) is 5.23. The molecular weight excluding hydrogens is 422 g/mol. The van der Waals surface area contributed by atoms with E-state index in [1.807, 2.05) is 23.8 Å². The van der Waals surface area contributed by atoms with Crippen molar-refractivity contribution in [1.29, 1.82) is 0 Å². The maximum absolute atomic E-state index is 12.1. The van der Waals surface area contributed by atoms with Crippen molar-refractivity contribution in [2.75, 3.05) is 12.9 Å². The fourth-order valence-electron chi connectivity index (χ4n) is 2.11. The number of esters is 1. The molecule has 140 valence electrons. The lowest BCUT2D eigenvalue weighted by atomic mass is 10.2. The van der Waals surface area contributed by atoms with E-state index in [-0.39, 0.29) is 12.5 Å². The van der Waals surface area contributed by atoms with Crippen LogP contribution in [0, 0.1) is 3.95 Å². The molecule has 3 aromatic rings. The minimum Gasteiger partial charge on any atom is -0.452 e. The summed E-state index contributed by atoms with van der Waals surface area (Å²) in [6, 6.07) is 10.6. The highest BCUT2D eigenvalue weighted by atomic mass is 32.2. The molecule has 0 atom stereocenters. The number of benzene rings is 1. The largest absolute Gasteiger partial charge is 0.452 e. The first kappa shape index (κ1) is 19.7. The van der Waals surface area contributed by atoms with Crippen LogP contribution in [0.4, 0.5) is 0 Å². The van der Waals surface area contributed by atoms with Crippen LogP contribution in [-0.2, 0) is 16.1 Å². The third-order valence-corrected chi connectivity index (χ3v) is 6.51. The monoisotopic (exact) mass is 437 g/mol. The van der Waals surface area contributed by atoms with Crippen molar-refractivity contribution < 1.29 is 14.3 Å². The Balaban J connectivity index is 1.55. The zero-order valence-corrected chi connectivity index (χ0v) is 17.5. The number of aromatic nitrogens is 2. The van der Waals surface area contributed by atoms with Crippen LogP contribution in [0.3, 0.4) is 0 Å². The van der Waals surface area contributed by atoms with Gasteiger partial charge in [0.2, 0.25) is 0 Å². The topological polar surface area (TPSA) is 73.2 Å². The summed E-state index contributed by atoms with van der Waals surface area (Å²) in [6.45, 7) is 0.106. The summed E-state index contributed by atoms with van der Waals surface area (Å²) in [4.78, 5) is 24.9. The first-order valence-electron chi connectivity index (χ1n) is 7.77. The van der Waals surface area contributed by atoms with Crippen molar-refractivity contribution >= 4 is 58.5 Å². The van der Waals surface area contributed by atoms with E-state index in [4.69, 9.17) is 17.0 Å². The zero-order valence-electron chi connectivity index (χ0n) is 14.2. The fourth-order valence-corrected chi connectivity index (χ4v) is 4.53. The molecular formula is C17H15N3O3S4. The molecule has 0 saturated carbocycles. The van der Waals surface area contributed by atoms with Crippen molar-refractivity contribution in [3.8, 4) is 5.69 Å². The standard InChI is InChI=1S/C17H15N3O3S4/c1-25-16-19-20(17(24)27-16)12-6-4-11(5-7-12)15(22)23-10-14(21)18-9-13-3-2-8-26-13/h2-8H,9-10H2,1H3,(H,18,21). The van der Waals surface area contributed by atoms with Crippen LogP contribution in [0.15, 0.2) is 46.1 Å². The van der Waals surface area contributed by atoms with E-state index in [9.17, 15) is 9.59 Å². The van der Waals surface area contributed by atoms with Gasteiger partial charge in [-0.1, -0.05) is 29.2 Å².